The molecule has 1 amide bonds. The Balaban J connectivity index is 1.83. The molecule has 0 atom stereocenters. The first-order chi connectivity index (χ1) is 10.7. The van der Waals surface area contributed by atoms with Crippen LogP contribution < -0.4 is 10.6 Å². The zero-order valence-electron chi connectivity index (χ0n) is 12.4. The Morgan fingerprint density at radius 1 is 1.27 bits per heavy atom. The minimum Gasteiger partial charge on any atom is -0.383 e. The van der Waals surface area contributed by atoms with Crippen molar-refractivity contribution in [2.45, 2.75) is 0 Å². The number of ether oxygens (including phenoxy) is 1. The van der Waals surface area contributed by atoms with E-state index in [-0.39, 0.29) is 11.7 Å². The third-order valence-electron chi connectivity index (χ3n) is 3.03. The van der Waals surface area contributed by atoms with Gasteiger partial charge in [0, 0.05) is 32.3 Å². The number of halogens is 1. The number of methoxy groups -OCH3 is 1. The van der Waals surface area contributed by atoms with Gasteiger partial charge in [0.05, 0.1) is 12.3 Å². The molecule has 0 aliphatic rings. The van der Waals surface area contributed by atoms with Gasteiger partial charge >= 0.3 is 0 Å². The highest BCUT2D eigenvalue weighted by atomic mass is 19.1. The van der Waals surface area contributed by atoms with Crippen LogP contribution in [0.25, 0.3) is 11.3 Å². The first-order valence-corrected chi connectivity index (χ1v) is 7.00. The summed E-state index contributed by atoms with van der Waals surface area (Å²) in [5.74, 6) is -0.535. The van der Waals surface area contributed by atoms with Crippen molar-refractivity contribution in [3.63, 3.8) is 0 Å². The second-order valence-corrected chi connectivity index (χ2v) is 4.67. The maximum atomic E-state index is 12.9. The van der Waals surface area contributed by atoms with Crippen molar-refractivity contribution in [1.82, 2.24) is 20.8 Å². The van der Waals surface area contributed by atoms with E-state index >= 15 is 0 Å². The number of rotatable bonds is 8. The minimum atomic E-state index is -0.307. The van der Waals surface area contributed by atoms with Gasteiger partial charge in [-0.3, -0.25) is 9.89 Å². The van der Waals surface area contributed by atoms with Crippen molar-refractivity contribution >= 4 is 5.91 Å². The molecule has 118 valence electrons. The molecule has 0 aliphatic heterocycles. The fraction of sp³-hybridized carbons (Fsp3) is 0.333. The zero-order chi connectivity index (χ0) is 15.8. The van der Waals surface area contributed by atoms with Gasteiger partial charge in [0.1, 0.15) is 11.5 Å². The Morgan fingerprint density at radius 2 is 2.05 bits per heavy atom. The Hall–Kier alpha value is -2.25. The van der Waals surface area contributed by atoms with Crippen molar-refractivity contribution in [3.8, 4) is 11.3 Å². The number of carbonyl (C=O) groups excluding carboxylic acids is 1. The molecule has 0 aliphatic carbocycles. The van der Waals surface area contributed by atoms with E-state index in [0.717, 1.165) is 12.1 Å². The predicted molar refractivity (Wildman–Crippen MR) is 81.1 cm³/mol. The lowest BCUT2D eigenvalue weighted by molar-refractivity contribution is 0.0948. The largest absolute Gasteiger partial charge is 0.383 e. The molecule has 0 bridgehead atoms. The van der Waals surface area contributed by atoms with E-state index in [4.69, 9.17) is 4.74 Å². The molecule has 0 saturated heterocycles. The highest BCUT2D eigenvalue weighted by Crippen LogP contribution is 2.17. The van der Waals surface area contributed by atoms with Crippen LogP contribution in [0.1, 0.15) is 10.5 Å². The average molecular weight is 306 g/mol. The number of hydrogen-bond acceptors (Lipinski definition) is 4. The summed E-state index contributed by atoms with van der Waals surface area (Å²) in [4.78, 5) is 11.9. The Kier molecular flexibility index (Phi) is 6.05. The van der Waals surface area contributed by atoms with E-state index in [1.54, 1.807) is 25.3 Å². The first-order valence-electron chi connectivity index (χ1n) is 7.00. The van der Waals surface area contributed by atoms with E-state index in [0.29, 0.717) is 31.1 Å². The van der Waals surface area contributed by atoms with Gasteiger partial charge in [-0.15, -0.1) is 0 Å². The second-order valence-electron chi connectivity index (χ2n) is 4.67. The van der Waals surface area contributed by atoms with Gasteiger partial charge in [0.25, 0.3) is 5.91 Å². The van der Waals surface area contributed by atoms with Crippen LogP contribution in [0.2, 0.25) is 0 Å². The Morgan fingerprint density at radius 3 is 2.77 bits per heavy atom. The molecule has 0 radical (unpaired) electrons. The number of aromatic nitrogens is 2. The second kappa shape index (κ2) is 8.26. The third-order valence-corrected chi connectivity index (χ3v) is 3.03. The third kappa shape index (κ3) is 4.64. The number of nitrogens with one attached hydrogen (secondary N) is 3. The normalized spacial score (nSPS) is 10.6. The fourth-order valence-electron chi connectivity index (χ4n) is 1.87. The maximum Gasteiger partial charge on any atom is 0.269 e. The summed E-state index contributed by atoms with van der Waals surface area (Å²) in [6.07, 6.45) is 0. The van der Waals surface area contributed by atoms with E-state index < -0.39 is 0 Å². The summed E-state index contributed by atoms with van der Waals surface area (Å²) < 4.78 is 17.8. The number of benzene rings is 1. The highest BCUT2D eigenvalue weighted by molar-refractivity contribution is 5.93. The summed E-state index contributed by atoms with van der Waals surface area (Å²) >= 11 is 0. The standard InChI is InChI=1S/C15H19FN4O2/c1-22-9-8-17-6-7-18-15(21)14-10-13(19-20-14)11-2-4-12(16)5-3-11/h2-5,10,17H,6-9H2,1H3,(H,18,21)(H,19,20). The van der Waals surface area contributed by atoms with Crippen molar-refractivity contribution < 1.29 is 13.9 Å². The molecule has 0 saturated carbocycles. The molecule has 1 aromatic heterocycles. The van der Waals surface area contributed by atoms with Crippen LogP contribution in [0.3, 0.4) is 0 Å². The quantitative estimate of drug-likeness (QED) is 0.640. The van der Waals surface area contributed by atoms with Crippen LogP contribution in [0.15, 0.2) is 30.3 Å². The molecule has 3 N–H and O–H groups in total. The molecule has 2 aromatic rings. The minimum absolute atomic E-state index is 0.227. The van der Waals surface area contributed by atoms with Crippen molar-refractivity contribution in [1.29, 1.82) is 0 Å². The van der Waals surface area contributed by atoms with Gasteiger partial charge in [0.2, 0.25) is 0 Å². The van der Waals surface area contributed by atoms with Crippen LogP contribution in [-0.2, 0) is 4.74 Å². The zero-order valence-corrected chi connectivity index (χ0v) is 12.4. The Labute approximate surface area is 128 Å². The van der Waals surface area contributed by atoms with Gasteiger partial charge in [-0.05, 0) is 30.3 Å². The van der Waals surface area contributed by atoms with E-state index in [2.05, 4.69) is 20.8 Å². The summed E-state index contributed by atoms with van der Waals surface area (Å²) in [5.41, 5.74) is 1.72. The molecular weight excluding hydrogens is 287 g/mol. The molecule has 6 nitrogen and oxygen atoms in total. The maximum absolute atomic E-state index is 12.9. The van der Waals surface area contributed by atoms with Crippen LogP contribution in [0.5, 0.6) is 0 Å². The summed E-state index contributed by atoms with van der Waals surface area (Å²) in [6, 6.07) is 7.59. The predicted octanol–water partition coefficient (Wildman–Crippen LogP) is 1.18. The number of carbonyl (C=O) groups is 1. The molecular formula is C15H19FN4O2. The number of aromatic amines is 1. The average Bonchev–Trinajstić information content (AvgIpc) is 3.01. The lowest BCUT2D eigenvalue weighted by Crippen LogP contribution is -2.33. The number of hydrogen-bond donors (Lipinski definition) is 3. The SMILES string of the molecule is COCCNCCNC(=O)c1cc(-c2ccc(F)cc2)n[nH]1. The molecule has 1 aromatic carbocycles. The summed E-state index contributed by atoms with van der Waals surface area (Å²) in [6.45, 7) is 2.54. The van der Waals surface area contributed by atoms with Gasteiger partial charge in [-0.25, -0.2) is 4.39 Å². The van der Waals surface area contributed by atoms with Crippen LogP contribution in [0.4, 0.5) is 4.39 Å². The monoisotopic (exact) mass is 306 g/mol. The lowest BCUT2D eigenvalue weighted by atomic mass is 10.1. The lowest BCUT2D eigenvalue weighted by Gasteiger charge is -2.05. The van der Waals surface area contributed by atoms with Gasteiger partial charge in [-0.2, -0.15) is 5.10 Å². The molecule has 0 fully saturated rings. The molecule has 7 heteroatoms. The number of amides is 1. The van der Waals surface area contributed by atoms with E-state index in [9.17, 15) is 9.18 Å². The van der Waals surface area contributed by atoms with Crippen molar-refractivity contribution in [2.75, 3.05) is 33.4 Å². The van der Waals surface area contributed by atoms with Gasteiger partial charge < -0.3 is 15.4 Å². The number of H-pyrrole nitrogens is 1. The summed E-state index contributed by atoms with van der Waals surface area (Å²) in [7, 11) is 1.64. The van der Waals surface area contributed by atoms with Gasteiger partial charge in [-0.1, -0.05) is 0 Å². The smallest absolute Gasteiger partial charge is 0.269 e. The molecule has 0 unspecified atom stereocenters. The van der Waals surface area contributed by atoms with Crippen LogP contribution in [-0.4, -0.2) is 49.5 Å². The van der Waals surface area contributed by atoms with Crippen LogP contribution in [0, 0.1) is 5.82 Å². The molecule has 1 heterocycles. The topological polar surface area (TPSA) is 79.0 Å². The highest BCUT2D eigenvalue weighted by Gasteiger charge is 2.10. The van der Waals surface area contributed by atoms with Crippen LogP contribution >= 0.6 is 0 Å². The number of nitrogens with zero attached hydrogens (tertiary/aromatic N) is 1. The molecule has 2 rings (SSSR count). The van der Waals surface area contributed by atoms with Crippen molar-refractivity contribution in [2.24, 2.45) is 0 Å². The van der Waals surface area contributed by atoms with E-state index in [1.165, 1.54) is 12.1 Å². The van der Waals surface area contributed by atoms with Crippen molar-refractivity contribution in [3.05, 3.63) is 41.8 Å². The Bertz CT molecular complexity index is 598. The fourth-order valence-corrected chi connectivity index (χ4v) is 1.87. The molecule has 22 heavy (non-hydrogen) atoms. The van der Waals surface area contributed by atoms with Gasteiger partial charge in [0.15, 0.2) is 0 Å². The summed E-state index contributed by atoms with van der Waals surface area (Å²) in [5, 5.41) is 12.7. The molecule has 0 spiro atoms. The van der Waals surface area contributed by atoms with E-state index in [1.807, 2.05) is 0 Å². The first kappa shape index (κ1) is 16.1.